The third-order valence-corrected chi connectivity index (χ3v) is 2.98. The van der Waals surface area contributed by atoms with Crippen molar-refractivity contribution in [2.24, 2.45) is 0 Å². The number of ether oxygens (including phenoxy) is 1. The zero-order valence-electron chi connectivity index (χ0n) is 10.9. The first-order chi connectivity index (χ1) is 9.04. The Morgan fingerprint density at radius 3 is 2.21 bits per heavy atom. The van der Waals surface area contributed by atoms with Gasteiger partial charge in [0.05, 0.1) is 0 Å². The number of aryl methyl sites for hydroxylation is 2. The molecule has 0 unspecified atom stereocenters. The highest BCUT2D eigenvalue weighted by atomic mass is 35.5. The maximum atomic E-state index is 11.9. The van der Waals surface area contributed by atoms with Crippen LogP contribution < -0.4 is 4.74 Å². The fourth-order valence-electron chi connectivity index (χ4n) is 1.88. The van der Waals surface area contributed by atoms with Gasteiger partial charge in [-0.2, -0.15) is 0 Å². The standard InChI is InChI=1S/C16H15ClO2/c1-11-7-12(2)9-15(8-11)19-10-16(18)13-3-5-14(17)6-4-13/h3-9H,10H2,1-2H3. The van der Waals surface area contributed by atoms with E-state index in [2.05, 4.69) is 6.07 Å². The molecule has 0 amide bonds. The normalized spacial score (nSPS) is 10.3. The van der Waals surface area contributed by atoms with Gasteiger partial charge in [0.25, 0.3) is 0 Å². The lowest BCUT2D eigenvalue weighted by molar-refractivity contribution is 0.0921. The van der Waals surface area contributed by atoms with Crippen molar-refractivity contribution in [3.63, 3.8) is 0 Å². The molecule has 3 heteroatoms. The van der Waals surface area contributed by atoms with Crippen molar-refractivity contribution in [1.29, 1.82) is 0 Å². The van der Waals surface area contributed by atoms with Crippen molar-refractivity contribution in [2.45, 2.75) is 13.8 Å². The summed E-state index contributed by atoms with van der Waals surface area (Å²) in [6.07, 6.45) is 0. The van der Waals surface area contributed by atoms with Crippen LogP contribution in [-0.4, -0.2) is 12.4 Å². The monoisotopic (exact) mass is 274 g/mol. The van der Waals surface area contributed by atoms with E-state index in [4.69, 9.17) is 16.3 Å². The van der Waals surface area contributed by atoms with E-state index in [1.165, 1.54) is 0 Å². The molecular formula is C16H15ClO2. The molecule has 2 nitrogen and oxygen atoms in total. The second kappa shape index (κ2) is 5.89. The van der Waals surface area contributed by atoms with Gasteiger partial charge >= 0.3 is 0 Å². The Morgan fingerprint density at radius 2 is 1.63 bits per heavy atom. The molecule has 0 spiro atoms. The second-order valence-corrected chi connectivity index (χ2v) is 4.98. The van der Waals surface area contributed by atoms with Crippen LogP contribution in [0, 0.1) is 13.8 Å². The molecule has 0 N–H and O–H groups in total. The molecule has 0 saturated heterocycles. The average Bonchev–Trinajstić information content (AvgIpc) is 2.36. The highest BCUT2D eigenvalue weighted by Gasteiger charge is 2.07. The van der Waals surface area contributed by atoms with Gasteiger partial charge in [-0.25, -0.2) is 0 Å². The van der Waals surface area contributed by atoms with Crippen LogP contribution in [0.15, 0.2) is 42.5 Å². The van der Waals surface area contributed by atoms with E-state index in [0.29, 0.717) is 10.6 Å². The minimum absolute atomic E-state index is 0.0323. The summed E-state index contributed by atoms with van der Waals surface area (Å²) in [6.45, 7) is 4.03. The lowest BCUT2D eigenvalue weighted by atomic mass is 10.1. The van der Waals surface area contributed by atoms with Gasteiger partial charge in [0.1, 0.15) is 5.75 Å². The molecule has 0 saturated carbocycles. The Bertz CT molecular complexity index is 568. The smallest absolute Gasteiger partial charge is 0.200 e. The van der Waals surface area contributed by atoms with E-state index in [1.54, 1.807) is 24.3 Å². The molecule has 0 fully saturated rings. The summed E-state index contributed by atoms with van der Waals surface area (Å²) in [5, 5.41) is 0.617. The van der Waals surface area contributed by atoms with Gasteiger partial charge in [-0.3, -0.25) is 4.79 Å². The number of hydrogen-bond acceptors (Lipinski definition) is 2. The minimum Gasteiger partial charge on any atom is -0.485 e. The van der Waals surface area contributed by atoms with Crippen molar-refractivity contribution in [1.82, 2.24) is 0 Å². The number of Topliss-reactive ketones (excluding diaryl/α,β-unsaturated/α-hetero) is 1. The van der Waals surface area contributed by atoms with Crippen LogP contribution in [0.4, 0.5) is 0 Å². The summed E-state index contributed by atoms with van der Waals surface area (Å²) in [4.78, 5) is 11.9. The number of carbonyl (C=O) groups excluding carboxylic acids is 1. The van der Waals surface area contributed by atoms with Crippen LogP contribution in [-0.2, 0) is 0 Å². The van der Waals surface area contributed by atoms with Crippen LogP contribution >= 0.6 is 11.6 Å². The minimum atomic E-state index is -0.0594. The summed E-state index contributed by atoms with van der Waals surface area (Å²) in [7, 11) is 0. The fourth-order valence-corrected chi connectivity index (χ4v) is 2.01. The van der Waals surface area contributed by atoms with Crippen molar-refractivity contribution < 1.29 is 9.53 Å². The van der Waals surface area contributed by atoms with Gasteiger partial charge in [-0.1, -0.05) is 17.7 Å². The van der Waals surface area contributed by atoms with Crippen molar-refractivity contribution in [2.75, 3.05) is 6.61 Å². The van der Waals surface area contributed by atoms with Gasteiger partial charge in [-0.15, -0.1) is 0 Å². The Labute approximate surface area is 118 Å². The van der Waals surface area contributed by atoms with Crippen molar-refractivity contribution >= 4 is 17.4 Å². The first-order valence-corrected chi connectivity index (χ1v) is 6.42. The molecule has 19 heavy (non-hydrogen) atoms. The predicted octanol–water partition coefficient (Wildman–Crippen LogP) is 4.22. The maximum Gasteiger partial charge on any atom is 0.200 e. The summed E-state index contributed by atoms with van der Waals surface area (Å²) < 4.78 is 5.53. The summed E-state index contributed by atoms with van der Waals surface area (Å²) in [5.41, 5.74) is 2.84. The molecule has 0 bridgehead atoms. The van der Waals surface area contributed by atoms with Gasteiger partial charge in [0.2, 0.25) is 0 Å². The number of hydrogen-bond donors (Lipinski definition) is 0. The molecule has 2 rings (SSSR count). The first kappa shape index (κ1) is 13.6. The van der Waals surface area contributed by atoms with Gasteiger partial charge < -0.3 is 4.74 Å². The number of halogens is 1. The topological polar surface area (TPSA) is 26.3 Å². The highest BCUT2D eigenvalue weighted by molar-refractivity contribution is 6.30. The molecule has 0 radical (unpaired) electrons. The zero-order chi connectivity index (χ0) is 13.8. The van der Waals surface area contributed by atoms with E-state index < -0.39 is 0 Å². The largest absolute Gasteiger partial charge is 0.485 e. The molecular weight excluding hydrogens is 260 g/mol. The molecule has 0 aliphatic rings. The Morgan fingerprint density at radius 1 is 1.05 bits per heavy atom. The molecule has 0 aromatic heterocycles. The van der Waals surface area contributed by atoms with Gasteiger partial charge in [0.15, 0.2) is 12.4 Å². The average molecular weight is 275 g/mol. The highest BCUT2D eigenvalue weighted by Crippen LogP contribution is 2.17. The van der Waals surface area contributed by atoms with E-state index in [-0.39, 0.29) is 12.4 Å². The quantitative estimate of drug-likeness (QED) is 0.781. The maximum absolute atomic E-state index is 11.9. The first-order valence-electron chi connectivity index (χ1n) is 6.04. The van der Waals surface area contributed by atoms with E-state index in [9.17, 15) is 4.79 Å². The van der Waals surface area contributed by atoms with Crippen LogP contribution in [0.5, 0.6) is 5.75 Å². The molecule has 0 heterocycles. The number of benzene rings is 2. The van der Waals surface area contributed by atoms with E-state index >= 15 is 0 Å². The molecule has 98 valence electrons. The number of rotatable bonds is 4. The number of carbonyl (C=O) groups is 1. The van der Waals surface area contributed by atoms with Crippen molar-refractivity contribution in [3.8, 4) is 5.75 Å². The zero-order valence-corrected chi connectivity index (χ0v) is 11.7. The molecule has 0 atom stereocenters. The Balaban J connectivity index is 2.02. The second-order valence-electron chi connectivity index (χ2n) is 4.54. The summed E-state index contributed by atoms with van der Waals surface area (Å²) in [5.74, 6) is 0.663. The Hall–Kier alpha value is -1.80. The molecule has 2 aromatic rings. The fraction of sp³-hybridized carbons (Fsp3) is 0.188. The third-order valence-electron chi connectivity index (χ3n) is 2.73. The molecule has 2 aromatic carbocycles. The Kier molecular flexibility index (Phi) is 4.23. The summed E-state index contributed by atoms with van der Waals surface area (Å²) >= 11 is 5.78. The van der Waals surface area contributed by atoms with Crippen LogP contribution in [0.2, 0.25) is 5.02 Å². The third kappa shape index (κ3) is 3.83. The molecule has 0 aliphatic heterocycles. The molecule has 0 aliphatic carbocycles. The van der Waals surface area contributed by atoms with Crippen LogP contribution in [0.25, 0.3) is 0 Å². The summed E-state index contributed by atoms with van der Waals surface area (Å²) in [6, 6.07) is 12.7. The van der Waals surface area contributed by atoms with E-state index in [0.717, 1.165) is 16.9 Å². The predicted molar refractivity (Wildman–Crippen MR) is 77.2 cm³/mol. The van der Waals surface area contributed by atoms with Crippen LogP contribution in [0.1, 0.15) is 21.5 Å². The van der Waals surface area contributed by atoms with E-state index in [1.807, 2.05) is 26.0 Å². The SMILES string of the molecule is Cc1cc(C)cc(OCC(=O)c2ccc(Cl)cc2)c1. The lowest BCUT2D eigenvalue weighted by Crippen LogP contribution is -2.11. The van der Waals surface area contributed by atoms with Crippen LogP contribution in [0.3, 0.4) is 0 Å². The van der Waals surface area contributed by atoms with Gasteiger partial charge in [0, 0.05) is 10.6 Å². The van der Waals surface area contributed by atoms with Gasteiger partial charge in [-0.05, 0) is 61.4 Å². The van der Waals surface area contributed by atoms with Crippen molar-refractivity contribution in [3.05, 3.63) is 64.2 Å². The number of ketones is 1. The lowest BCUT2D eigenvalue weighted by Gasteiger charge is -2.07.